The second-order valence-electron chi connectivity index (χ2n) is 8.77. The number of anilines is 1. The van der Waals surface area contributed by atoms with E-state index in [9.17, 15) is 14.4 Å². The van der Waals surface area contributed by atoms with Gasteiger partial charge in [-0.2, -0.15) is 0 Å². The van der Waals surface area contributed by atoms with Gasteiger partial charge in [0, 0.05) is 6.07 Å². The molecule has 0 aromatic heterocycles. The smallest absolute Gasteiger partial charge is 0.421 e. The van der Waals surface area contributed by atoms with Crippen LogP contribution in [0.5, 0.6) is 5.75 Å². The molecule has 0 aliphatic carbocycles. The van der Waals surface area contributed by atoms with E-state index in [0.29, 0.717) is 17.9 Å². The molecule has 1 atom stereocenters. The number of hydrogen-bond donors (Lipinski definition) is 0. The number of fused-ring (bicyclic) bond motifs is 1. The Morgan fingerprint density at radius 1 is 1.04 bits per heavy atom. The van der Waals surface area contributed by atoms with Crippen LogP contribution in [-0.2, 0) is 25.5 Å². The van der Waals surface area contributed by atoms with E-state index in [1.165, 1.54) is 7.11 Å². The quantitative estimate of drug-likeness (QED) is 0.562. The molecule has 7 nitrogen and oxygen atoms in total. The monoisotopic (exact) mass is 391 g/mol. The largest absolute Gasteiger partial charge is 0.497 e. The maximum absolute atomic E-state index is 13.2. The van der Waals surface area contributed by atoms with Crippen LogP contribution in [0.25, 0.3) is 0 Å². The SMILES string of the molecule is COc1ccc2c(c1)N(C(=O)OC(C)(C)C)C(=O)C(C(=O)OC(C)(C)C)CC2. The number of aryl methyl sites for hydroxylation is 1. The Hall–Kier alpha value is -2.57. The standard InChI is InChI=1S/C21H29NO6/c1-20(2,3)27-18(24)15-11-9-13-8-10-14(26-7)12-16(13)22(17(15)23)19(25)28-21(4,5)6/h8,10,12,15H,9,11H2,1-7H3. The number of carbonyl (C=O) groups is 3. The zero-order chi connectivity index (χ0) is 21.3. The molecular weight excluding hydrogens is 362 g/mol. The van der Waals surface area contributed by atoms with Crippen molar-refractivity contribution >= 4 is 23.7 Å². The number of carbonyl (C=O) groups excluding carboxylic acids is 3. The number of benzene rings is 1. The van der Waals surface area contributed by atoms with Crippen LogP contribution < -0.4 is 9.64 Å². The zero-order valence-corrected chi connectivity index (χ0v) is 17.6. The van der Waals surface area contributed by atoms with Crippen LogP contribution in [0.3, 0.4) is 0 Å². The number of nitrogens with zero attached hydrogens (tertiary/aromatic N) is 1. The highest BCUT2D eigenvalue weighted by molar-refractivity contribution is 6.18. The number of imide groups is 1. The molecule has 0 fully saturated rings. The molecule has 0 saturated carbocycles. The summed E-state index contributed by atoms with van der Waals surface area (Å²) >= 11 is 0. The van der Waals surface area contributed by atoms with E-state index in [1.807, 2.05) is 0 Å². The molecule has 1 heterocycles. The number of methoxy groups -OCH3 is 1. The average molecular weight is 391 g/mol. The number of ether oxygens (including phenoxy) is 3. The van der Waals surface area contributed by atoms with Gasteiger partial charge in [0.1, 0.15) is 22.9 Å². The summed E-state index contributed by atoms with van der Waals surface area (Å²) in [6.45, 7) is 10.3. The van der Waals surface area contributed by atoms with Gasteiger partial charge >= 0.3 is 12.1 Å². The van der Waals surface area contributed by atoms with Crippen LogP contribution in [-0.4, -0.2) is 36.3 Å². The maximum Gasteiger partial charge on any atom is 0.421 e. The Morgan fingerprint density at radius 2 is 1.64 bits per heavy atom. The highest BCUT2D eigenvalue weighted by atomic mass is 16.6. The second-order valence-corrected chi connectivity index (χ2v) is 8.77. The van der Waals surface area contributed by atoms with Crippen molar-refractivity contribution in [3.63, 3.8) is 0 Å². The van der Waals surface area contributed by atoms with Gasteiger partial charge in [0.15, 0.2) is 0 Å². The average Bonchev–Trinajstić information content (AvgIpc) is 2.66. The molecule has 7 heteroatoms. The third-order valence-corrected chi connectivity index (χ3v) is 4.02. The molecule has 1 aromatic carbocycles. The first kappa shape index (κ1) is 21.7. The highest BCUT2D eigenvalue weighted by Gasteiger charge is 2.42. The Morgan fingerprint density at radius 3 is 2.18 bits per heavy atom. The Balaban J connectivity index is 2.49. The van der Waals surface area contributed by atoms with Gasteiger partial charge in [-0.1, -0.05) is 6.07 Å². The molecule has 2 amide bonds. The highest BCUT2D eigenvalue weighted by Crippen LogP contribution is 2.34. The van der Waals surface area contributed by atoms with E-state index in [-0.39, 0.29) is 6.42 Å². The lowest BCUT2D eigenvalue weighted by molar-refractivity contribution is -0.162. The summed E-state index contributed by atoms with van der Waals surface area (Å²) in [6.07, 6.45) is -0.150. The summed E-state index contributed by atoms with van der Waals surface area (Å²) in [5, 5.41) is 0. The van der Waals surface area contributed by atoms with Crippen molar-refractivity contribution in [3.05, 3.63) is 23.8 Å². The van der Waals surface area contributed by atoms with Crippen LogP contribution in [0, 0.1) is 5.92 Å². The van der Waals surface area contributed by atoms with Crippen molar-refractivity contribution in [1.82, 2.24) is 0 Å². The summed E-state index contributed by atoms with van der Waals surface area (Å²) in [7, 11) is 1.50. The molecule has 0 N–H and O–H groups in total. The summed E-state index contributed by atoms with van der Waals surface area (Å²) in [6, 6.07) is 5.15. The third-order valence-electron chi connectivity index (χ3n) is 4.02. The number of esters is 1. The first-order valence-electron chi connectivity index (χ1n) is 9.29. The summed E-state index contributed by atoms with van der Waals surface area (Å²) < 4.78 is 16.1. The lowest BCUT2D eigenvalue weighted by Crippen LogP contribution is -2.46. The van der Waals surface area contributed by atoms with Crippen molar-refractivity contribution < 1.29 is 28.6 Å². The van der Waals surface area contributed by atoms with Crippen LogP contribution >= 0.6 is 0 Å². The van der Waals surface area contributed by atoms with E-state index in [0.717, 1.165) is 10.5 Å². The van der Waals surface area contributed by atoms with Crippen molar-refractivity contribution in [2.24, 2.45) is 5.92 Å². The van der Waals surface area contributed by atoms with Crippen LogP contribution in [0.2, 0.25) is 0 Å². The third kappa shape index (κ3) is 5.24. The van der Waals surface area contributed by atoms with Crippen LogP contribution in [0.4, 0.5) is 10.5 Å². The zero-order valence-electron chi connectivity index (χ0n) is 17.6. The summed E-state index contributed by atoms with van der Waals surface area (Å²) in [5.41, 5.74) is -0.420. The Kier molecular flexibility index (Phi) is 6.06. The lowest BCUT2D eigenvalue weighted by Gasteiger charge is -2.28. The maximum atomic E-state index is 13.2. The molecule has 2 rings (SSSR count). The molecule has 1 aliphatic heterocycles. The van der Waals surface area contributed by atoms with E-state index in [4.69, 9.17) is 14.2 Å². The topological polar surface area (TPSA) is 82.1 Å². The number of amides is 2. The predicted octanol–water partition coefficient (Wildman–Crippen LogP) is 3.87. The molecule has 1 unspecified atom stereocenters. The molecule has 0 bridgehead atoms. The van der Waals surface area contributed by atoms with Gasteiger partial charge in [0.2, 0.25) is 0 Å². The van der Waals surface area contributed by atoms with Gasteiger partial charge in [-0.05, 0) is 66.0 Å². The molecule has 154 valence electrons. The fourth-order valence-corrected chi connectivity index (χ4v) is 2.88. The minimum atomic E-state index is -1.09. The first-order valence-corrected chi connectivity index (χ1v) is 9.29. The molecule has 1 aromatic rings. The molecular formula is C21H29NO6. The molecule has 0 saturated heterocycles. The second kappa shape index (κ2) is 7.81. The van der Waals surface area contributed by atoms with E-state index >= 15 is 0 Å². The number of hydrogen-bond acceptors (Lipinski definition) is 6. The van der Waals surface area contributed by atoms with Crippen molar-refractivity contribution in [2.45, 2.75) is 65.6 Å². The van der Waals surface area contributed by atoms with Crippen molar-refractivity contribution in [2.75, 3.05) is 12.0 Å². The van der Waals surface area contributed by atoms with Gasteiger partial charge in [0.05, 0.1) is 12.8 Å². The summed E-state index contributed by atoms with van der Waals surface area (Å²) in [4.78, 5) is 39.7. The normalized spacial score (nSPS) is 17.5. The van der Waals surface area contributed by atoms with E-state index in [2.05, 4.69) is 0 Å². The summed E-state index contributed by atoms with van der Waals surface area (Å²) in [5.74, 6) is -1.90. The molecule has 0 radical (unpaired) electrons. The Labute approximate surface area is 165 Å². The Bertz CT molecular complexity index is 772. The van der Waals surface area contributed by atoms with Crippen LogP contribution in [0.15, 0.2) is 18.2 Å². The number of rotatable bonds is 2. The van der Waals surface area contributed by atoms with Gasteiger partial charge in [-0.25, -0.2) is 9.69 Å². The minimum absolute atomic E-state index is 0.242. The minimum Gasteiger partial charge on any atom is -0.497 e. The van der Waals surface area contributed by atoms with Gasteiger partial charge in [-0.3, -0.25) is 9.59 Å². The van der Waals surface area contributed by atoms with Crippen molar-refractivity contribution in [3.8, 4) is 5.75 Å². The van der Waals surface area contributed by atoms with Crippen molar-refractivity contribution in [1.29, 1.82) is 0 Å². The van der Waals surface area contributed by atoms with E-state index in [1.54, 1.807) is 59.7 Å². The van der Waals surface area contributed by atoms with Gasteiger partial charge in [-0.15, -0.1) is 0 Å². The van der Waals surface area contributed by atoms with Gasteiger partial charge in [0.25, 0.3) is 5.91 Å². The fraction of sp³-hybridized carbons (Fsp3) is 0.571. The predicted molar refractivity (Wildman–Crippen MR) is 104 cm³/mol. The molecule has 0 spiro atoms. The molecule has 28 heavy (non-hydrogen) atoms. The van der Waals surface area contributed by atoms with E-state index < -0.39 is 35.1 Å². The lowest BCUT2D eigenvalue weighted by atomic mass is 10.00. The van der Waals surface area contributed by atoms with Gasteiger partial charge < -0.3 is 14.2 Å². The fourth-order valence-electron chi connectivity index (χ4n) is 2.88. The molecule has 1 aliphatic rings. The first-order chi connectivity index (χ1) is 12.8. The van der Waals surface area contributed by atoms with Crippen LogP contribution in [0.1, 0.15) is 53.5 Å².